The van der Waals surface area contributed by atoms with Crippen LogP contribution >= 0.6 is 0 Å². The molecule has 3 rings (SSSR count). The van der Waals surface area contributed by atoms with Gasteiger partial charge in [0.15, 0.2) is 69.0 Å². The van der Waals surface area contributed by atoms with Crippen molar-refractivity contribution in [2.75, 3.05) is 85.3 Å². The molecule has 12 heteroatoms. The topological polar surface area (TPSA) is 111 Å². The van der Waals surface area contributed by atoms with E-state index >= 15 is 0 Å². The van der Waals surface area contributed by atoms with Crippen molar-refractivity contribution in [2.45, 2.75) is 0 Å². The van der Waals surface area contributed by atoms with Gasteiger partial charge in [0, 0.05) is 0 Å². The van der Waals surface area contributed by atoms with Crippen molar-refractivity contribution in [2.24, 2.45) is 0 Å². The Morgan fingerprint density at radius 2 is 0.360 bits per heavy atom. The van der Waals surface area contributed by atoms with Crippen LogP contribution in [0.4, 0.5) is 0 Å². The first-order chi connectivity index (χ1) is 24.2. The van der Waals surface area contributed by atoms with Gasteiger partial charge >= 0.3 is 0 Å². The number of rotatable bonds is 18. The van der Waals surface area contributed by atoms with Crippen molar-refractivity contribution in [1.29, 1.82) is 0 Å². The summed E-state index contributed by atoms with van der Waals surface area (Å²) in [7, 11) is 18.3. The maximum absolute atomic E-state index is 5.95. The average Bonchev–Trinajstić information content (AvgIpc) is 3.15. The third-order valence-corrected chi connectivity index (χ3v) is 7.86. The molecule has 270 valence electrons. The minimum Gasteiger partial charge on any atom is -0.492 e. The van der Waals surface area contributed by atoms with Gasteiger partial charge in [-0.1, -0.05) is 25.3 Å². The van der Waals surface area contributed by atoms with Gasteiger partial charge in [-0.05, 0) is 24.3 Å². The largest absolute Gasteiger partial charge is 0.492 e. The Morgan fingerprint density at radius 1 is 0.240 bits per heavy atom. The normalized spacial score (nSPS) is 10.8. The summed E-state index contributed by atoms with van der Waals surface area (Å²) in [6, 6.07) is 0. The molecule has 0 atom stereocenters. The van der Waals surface area contributed by atoms with Crippen LogP contribution in [0.1, 0.15) is 33.4 Å². The molecule has 0 aromatic heterocycles. The fourth-order valence-electron chi connectivity index (χ4n) is 5.83. The summed E-state index contributed by atoms with van der Waals surface area (Å²) in [6.45, 7) is 7.81. The van der Waals surface area contributed by atoms with Crippen molar-refractivity contribution in [3.8, 4) is 69.0 Å². The highest BCUT2D eigenvalue weighted by molar-refractivity contribution is 5.92. The zero-order valence-corrected chi connectivity index (χ0v) is 30.8. The monoisotopic (exact) mass is 694 g/mol. The van der Waals surface area contributed by atoms with Gasteiger partial charge in [0.05, 0.1) is 119 Å². The number of hydrogen-bond acceptors (Lipinski definition) is 12. The molecular weight excluding hydrogens is 648 g/mol. The quantitative estimate of drug-likeness (QED) is 0.124. The highest BCUT2D eigenvalue weighted by atomic mass is 16.5. The first-order valence-electron chi connectivity index (χ1n) is 15.1. The minimum atomic E-state index is 0.344. The van der Waals surface area contributed by atoms with E-state index in [-0.39, 0.29) is 0 Å². The van der Waals surface area contributed by atoms with Crippen LogP contribution in [0.2, 0.25) is 0 Å². The molecule has 0 saturated heterocycles. The molecule has 0 aliphatic rings. The molecule has 3 aromatic carbocycles. The molecule has 0 unspecified atom stereocenters. The number of hydrogen-bond donors (Lipinski definition) is 0. The third kappa shape index (κ3) is 6.60. The Kier molecular flexibility index (Phi) is 13.6. The molecule has 0 aliphatic carbocycles. The van der Waals surface area contributed by atoms with Gasteiger partial charge in [0.25, 0.3) is 0 Å². The predicted molar refractivity (Wildman–Crippen MR) is 196 cm³/mol. The Balaban J connectivity index is 2.45. The van der Waals surface area contributed by atoms with E-state index in [2.05, 4.69) is 13.2 Å². The second kappa shape index (κ2) is 17.6. The zero-order valence-electron chi connectivity index (χ0n) is 30.8. The van der Waals surface area contributed by atoms with Crippen molar-refractivity contribution in [1.82, 2.24) is 0 Å². The molecule has 0 fully saturated rings. The van der Waals surface area contributed by atoms with E-state index in [0.717, 1.165) is 0 Å². The molecule has 0 saturated carbocycles. The molecule has 0 bridgehead atoms. The third-order valence-electron chi connectivity index (χ3n) is 7.86. The summed E-state index contributed by atoms with van der Waals surface area (Å²) < 4.78 is 69.8. The predicted octanol–water partition coefficient (Wildman–Crippen LogP) is 7.42. The lowest BCUT2D eigenvalue weighted by molar-refractivity contribution is 0.326. The molecule has 0 radical (unpaired) electrons. The maximum Gasteiger partial charge on any atom is 0.172 e. The molecule has 3 aromatic rings. The first-order valence-corrected chi connectivity index (χ1v) is 15.1. The van der Waals surface area contributed by atoms with Crippen molar-refractivity contribution < 1.29 is 56.8 Å². The van der Waals surface area contributed by atoms with E-state index < -0.39 is 0 Å². The highest BCUT2D eigenvalue weighted by Crippen LogP contribution is 2.54. The number of ether oxygens (including phenoxy) is 12. The highest BCUT2D eigenvalue weighted by Gasteiger charge is 2.29. The minimum absolute atomic E-state index is 0.344. The van der Waals surface area contributed by atoms with Crippen LogP contribution in [0.3, 0.4) is 0 Å². The van der Waals surface area contributed by atoms with Gasteiger partial charge in [0.2, 0.25) is 0 Å². The van der Waals surface area contributed by atoms with Gasteiger partial charge in [-0.2, -0.15) is 0 Å². The lowest BCUT2D eigenvalue weighted by Crippen LogP contribution is -2.04. The van der Waals surface area contributed by atoms with Crippen LogP contribution in [0.15, 0.2) is 13.2 Å². The average molecular weight is 695 g/mol. The van der Waals surface area contributed by atoms with Crippen LogP contribution in [-0.2, 0) is 0 Å². The van der Waals surface area contributed by atoms with Gasteiger partial charge < -0.3 is 56.8 Å². The summed E-state index contributed by atoms with van der Waals surface area (Å²) in [6.07, 6.45) is 10.3. The first kappa shape index (κ1) is 38.7. The van der Waals surface area contributed by atoms with E-state index in [0.29, 0.717) is 102 Å². The summed E-state index contributed by atoms with van der Waals surface area (Å²) >= 11 is 0. The smallest absolute Gasteiger partial charge is 0.172 e. The molecule has 0 heterocycles. The molecule has 0 N–H and O–H groups in total. The Hall–Kier alpha value is -5.78. The van der Waals surface area contributed by atoms with Crippen LogP contribution in [0.5, 0.6) is 69.0 Å². The van der Waals surface area contributed by atoms with Crippen molar-refractivity contribution >= 4 is 36.5 Å². The number of methoxy groups -OCH3 is 12. The van der Waals surface area contributed by atoms with E-state index in [1.165, 1.54) is 85.3 Å². The summed E-state index contributed by atoms with van der Waals surface area (Å²) in [5.41, 5.74) is 3.15. The fourth-order valence-corrected chi connectivity index (χ4v) is 5.83. The molecule has 12 nitrogen and oxygen atoms in total. The molecule has 0 amide bonds. The molecule has 50 heavy (non-hydrogen) atoms. The van der Waals surface area contributed by atoms with Gasteiger partial charge in [-0.15, -0.1) is 0 Å². The van der Waals surface area contributed by atoms with Crippen molar-refractivity contribution in [3.05, 3.63) is 46.5 Å². The Bertz CT molecular complexity index is 1540. The lowest BCUT2D eigenvalue weighted by Gasteiger charge is -2.22. The van der Waals surface area contributed by atoms with Crippen molar-refractivity contribution in [3.63, 3.8) is 0 Å². The number of benzene rings is 3. The maximum atomic E-state index is 5.95. The summed E-state index contributed by atoms with van der Waals surface area (Å²) in [5, 5.41) is 0. The molecule has 0 aliphatic heterocycles. The van der Waals surface area contributed by atoms with E-state index in [9.17, 15) is 0 Å². The van der Waals surface area contributed by atoms with E-state index in [4.69, 9.17) is 56.8 Å². The lowest BCUT2D eigenvalue weighted by atomic mass is 9.99. The summed E-state index contributed by atoms with van der Waals surface area (Å²) in [5.74, 6) is 4.59. The Labute approximate surface area is 293 Å². The van der Waals surface area contributed by atoms with E-state index in [1.807, 2.05) is 0 Å². The zero-order chi connectivity index (χ0) is 37.1. The fraction of sp³-hybridized carbons (Fsp3) is 0.316. The second-order valence-corrected chi connectivity index (χ2v) is 9.96. The molecular formula is C38H46O12. The standard InChI is InChI=1S/C38H46O12/c1-15-21-27(39-3)31(43-7)23(32(44-8)28(21)40-4)17-19-25-35(47-11)37(49-13)26(38(50-14)36(25)48-12)20-18-24-33(45-9)29(41-5)22(16-2)30(42-6)34(24)46-10/h15-20H,1-2H2,3-14H3/b19-17+,20-18+. The van der Waals surface area contributed by atoms with E-state index in [1.54, 1.807) is 36.5 Å². The molecule has 0 spiro atoms. The SMILES string of the molecule is C=Cc1c(OC)c(OC)c(/C=C/c2c(OC)c(OC)c(/C=C/c3c(OC)c(OC)c(C=C)c(OC)c3OC)c(OC)c2OC)c(OC)c1OC. The summed E-state index contributed by atoms with van der Waals surface area (Å²) in [4.78, 5) is 0. The van der Waals surface area contributed by atoms with Crippen LogP contribution in [0, 0.1) is 0 Å². The van der Waals surface area contributed by atoms with Gasteiger partial charge in [0.1, 0.15) is 0 Å². The van der Waals surface area contributed by atoms with Gasteiger partial charge in [-0.25, -0.2) is 0 Å². The van der Waals surface area contributed by atoms with Crippen LogP contribution < -0.4 is 56.8 Å². The van der Waals surface area contributed by atoms with Gasteiger partial charge in [-0.3, -0.25) is 0 Å². The Morgan fingerprint density at radius 3 is 0.460 bits per heavy atom. The second-order valence-electron chi connectivity index (χ2n) is 9.96. The van der Waals surface area contributed by atoms with Crippen LogP contribution in [-0.4, -0.2) is 85.3 Å². The van der Waals surface area contributed by atoms with Crippen LogP contribution in [0.25, 0.3) is 36.5 Å².